The molecule has 1 fully saturated rings. The van der Waals surface area contributed by atoms with E-state index >= 15 is 0 Å². The van der Waals surface area contributed by atoms with Gasteiger partial charge in [-0.25, -0.2) is 0 Å². The van der Waals surface area contributed by atoms with Crippen LogP contribution in [0.15, 0.2) is 30.3 Å². The maximum absolute atomic E-state index is 5.58. The topological polar surface area (TPSA) is 3.24 Å². The quantitative estimate of drug-likeness (QED) is 0.682. The summed E-state index contributed by atoms with van der Waals surface area (Å²) in [5.74, 6) is 1.20. The average molecular weight is 213 g/mol. The van der Waals surface area contributed by atoms with E-state index in [1.165, 1.54) is 12.0 Å². The number of hydrogen-bond acceptors (Lipinski definition) is 1. The Labute approximate surface area is 98.5 Å². The summed E-state index contributed by atoms with van der Waals surface area (Å²) in [5, 5.41) is 0. The number of likely N-dealkylation sites (tertiary alicyclic amines) is 1. The molecule has 1 heterocycles. The molecule has 1 aliphatic heterocycles. The van der Waals surface area contributed by atoms with E-state index < -0.39 is 0 Å². The zero-order valence-corrected chi connectivity index (χ0v) is 10.1. The first-order valence-corrected chi connectivity index (χ1v) is 6.02. The zero-order valence-electron chi connectivity index (χ0n) is 10.1. The molecule has 16 heavy (non-hydrogen) atoms. The summed E-state index contributed by atoms with van der Waals surface area (Å²) in [7, 11) is 0. The second-order valence-corrected chi connectivity index (χ2v) is 4.86. The molecule has 2 rings (SSSR count). The molecule has 2 unspecified atom stereocenters. The van der Waals surface area contributed by atoms with Crippen molar-refractivity contribution in [2.45, 2.75) is 32.2 Å². The van der Waals surface area contributed by atoms with Gasteiger partial charge in [0, 0.05) is 24.5 Å². The van der Waals surface area contributed by atoms with Crippen molar-refractivity contribution >= 4 is 0 Å². The fourth-order valence-electron chi connectivity index (χ4n) is 2.85. The lowest BCUT2D eigenvalue weighted by Gasteiger charge is -2.29. The molecular weight excluding hydrogens is 194 g/mol. The molecule has 84 valence electrons. The molecule has 1 aliphatic rings. The smallest absolute Gasteiger partial charge is 0.0463 e. The molecule has 0 aromatic heterocycles. The molecule has 0 aliphatic carbocycles. The molecule has 1 saturated heterocycles. The van der Waals surface area contributed by atoms with Gasteiger partial charge < -0.3 is 4.90 Å². The normalized spacial score (nSPS) is 24.8. The molecule has 1 nitrogen and oxygen atoms in total. The second-order valence-electron chi connectivity index (χ2n) is 4.86. The van der Waals surface area contributed by atoms with Crippen LogP contribution >= 0.6 is 0 Å². The number of rotatable bonds is 2. The van der Waals surface area contributed by atoms with Crippen molar-refractivity contribution in [2.75, 3.05) is 6.54 Å². The van der Waals surface area contributed by atoms with Crippen LogP contribution < -0.4 is 0 Å². The van der Waals surface area contributed by atoms with Crippen LogP contribution in [0.3, 0.4) is 0 Å². The maximum Gasteiger partial charge on any atom is 0.0463 e. The number of terminal acetylenes is 1. The van der Waals surface area contributed by atoms with E-state index in [0.717, 1.165) is 6.54 Å². The molecule has 0 radical (unpaired) electrons. The van der Waals surface area contributed by atoms with Gasteiger partial charge in [-0.05, 0) is 17.9 Å². The van der Waals surface area contributed by atoms with Gasteiger partial charge in [0.25, 0.3) is 0 Å². The lowest BCUT2D eigenvalue weighted by Crippen LogP contribution is -2.32. The highest BCUT2D eigenvalue weighted by atomic mass is 15.2. The SMILES string of the molecule is C#CN1CCC(c2ccccc2)C1C(C)C. The summed E-state index contributed by atoms with van der Waals surface area (Å²) >= 11 is 0. The number of hydrogen-bond donors (Lipinski definition) is 0. The standard InChI is InChI=1S/C15H19N/c1-4-16-11-10-14(15(16)12(2)3)13-8-6-5-7-9-13/h1,5-9,12,14-15H,10-11H2,2-3H3. The highest BCUT2D eigenvalue weighted by Crippen LogP contribution is 2.36. The number of nitrogens with zero attached hydrogens (tertiary/aromatic N) is 1. The van der Waals surface area contributed by atoms with Crippen molar-refractivity contribution in [3.05, 3.63) is 35.9 Å². The summed E-state index contributed by atoms with van der Waals surface area (Å²) in [6, 6.07) is 14.1. The minimum Gasteiger partial charge on any atom is -0.329 e. The molecule has 0 saturated carbocycles. The molecule has 0 amide bonds. The highest BCUT2D eigenvalue weighted by molar-refractivity contribution is 5.24. The zero-order chi connectivity index (χ0) is 11.5. The summed E-state index contributed by atoms with van der Waals surface area (Å²) in [5.41, 5.74) is 1.43. The van der Waals surface area contributed by atoms with Gasteiger partial charge in [-0.15, -0.1) is 0 Å². The first-order valence-electron chi connectivity index (χ1n) is 6.02. The van der Waals surface area contributed by atoms with Crippen molar-refractivity contribution in [1.82, 2.24) is 4.90 Å². The summed E-state index contributed by atoms with van der Waals surface area (Å²) in [6.45, 7) is 5.55. The monoisotopic (exact) mass is 213 g/mol. The fraction of sp³-hybridized carbons (Fsp3) is 0.467. The Balaban J connectivity index is 2.26. The fourth-order valence-corrected chi connectivity index (χ4v) is 2.85. The largest absolute Gasteiger partial charge is 0.329 e. The molecule has 2 atom stereocenters. The van der Waals surface area contributed by atoms with Gasteiger partial charge in [0.05, 0.1) is 0 Å². The Kier molecular flexibility index (Phi) is 3.19. The van der Waals surface area contributed by atoms with E-state index in [4.69, 9.17) is 6.42 Å². The van der Waals surface area contributed by atoms with Crippen molar-refractivity contribution in [2.24, 2.45) is 5.92 Å². The van der Waals surface area contributed by atoms with Crippen LogP contribution in [-0.2, 0) is 0 Å². The predicted molar refractivity (Wildman–Crippen MR) is 68.0 cm³/mol. The van der Waals surface area contributed by atoms with Crippen molar-refractivity contribution in [3.63, 3.8) is 0 Å². The van der Waals surface area contributed by atoms with Gasteiger partial charge in [0.15, 0.2) is 0 Å². The minimum atomic E-state index is 0.493. The minimum absolute atomic E-state index is 0.493. The van der Waals surface area contributed by atoms with Gasteiger partial charge in [-0.1, -0.05) is 50.6 Å². The lowest BCUT2D eigenvalue weighted by atomic mass is 9.86. The number of benzene rings is 1. The van der Waals surface area contributed by atoms with Crippen LogP contribution in [0.25, 0.3) is 0 Å². The first kappa shape index (κ1) is 11.1. The lowest BCUT2D eigenvalue weighted by molar-refractivity contribution is 0.277. The Morgan fingerprint density at radius 3 is 2.56 bits per heavy atom. The maximum atomic E-state index is 5.58. The van der Waals surface area contributed by atoms with Crippen molar-refractivity contribution in [1.29, 1.82) is 0 Å². The summed E-state index contributed by atoms with van der Waals surface area (Å²) in [4.78, 5) is 2.17. The predicted octanol–water partition coefficient (Wildman–Crippen LogP) is 3.09. The van der Waals surface area contributed by atoms with E-state index in [1.54, 1.807) is 0 Å². The van der Waals surface area contributed by atoms with Crippen LogP contribution in [0.5, 0.6) is 0 Å². The molecule has 0 spiro atoms. The Hall–Kier alpha value is -1.42. The summed E-state index contributed by atoms with van der Waals surface area (Å²) in [6.07, 6.45) is 6.76. The van der Waals surface area contributed by atoms with Crippen molar-refractivity contribution < 1.29 is 0 Å². The molecular formula is C15H19N. The Morgan fingerprint density at radius 2 is 2.00 bits per heavy atom. The Bertz CT molecular complexity index is 374. The van der Waals surface area contributed by atoms with Gasteiger partial charge >= 0.3 is 0 Å². The molecule has 0 bridgehead atoms. The average Bonchev–Trinajstić information content (AvgIpc) is 2.73. The van der Waals surface area contributed by atoms with Gasteiger partial charge in [0.2, 0.25) is 0 Å². The second kappa shape index (κ2) is 4.61. The highest BCUT2D eigenvalue weighted by Gasteiger charge is 2.35. The van der Waals surface area contributed by atoms with E-state index in [1.807, 2.05) is 0 Å². The van der Waals surface area contributed by atoms with E-state index in [-0.39, 0.29) is 0 Å². The molecule has 0 N–H and O–H groups in total. The van der Waals surface area contributed by atoms with Crippen LogP contribution in [0.2, 0.25) is 0 Å². The van der Waals surface area contributed by atoms with Crippen LogP contribution in [0.4, 0.5) is 0 Å². The van der Waals surface area contributed by atoms with E-state index in [9.17, 15) is 0 Å². The van der Waals surface area contributed by atoms with Gasteiger partial charge in [-0.3, -0.25) is 0 Å². The van der Waals surface area contributed by atoms with Crippen LogP contribution in [0, 0.1) is 18.4 Å². The van der Waals surface area contributed by atoms with Crippen molar-refractivity contribution in [3.8, 4) is 12.5 Å². The molecule has 1 aromatic rings. The van der Waals surface area contributed by atoms with E-state index in [2.05, 4.69) is 55.1 Å². The Morgan fingerprint density at radius 1 is 1.31 bits per heavy atom. The van der Waals surface area contributed by atoms with Crippen LogP contribution in [-0.4, -0.2) is 17.5 Å². The molecule has 1 heteroatoms. The van der Waals surface area contributed by atoms with Gasteiger partial charge in [0.1, 0.15) is 0 Å². The van der Waals surface area contributed by atoms with E-state index in [0.29, 0.717) is 17.9 Å². The third-order valence-corrected chi connectivity index (χ3v) is 3.53. The molecule has 1 aromatic carbocycles. The summed E-state index contributed by atoms with van der Waals surface area (Å²) < 4.78 is 0. The third kappa shape index (κ3) is 1.93. The van der Waals surface area contributed by atoms with Gasteiger partial charge in [-0.2, -0.15) is 0 Å². The van der Waals surface area contributed by atoms with Crippen LogP contribution in [0.1, 0.15) is 31.7 Å². The third-order valence-electron chi connectivity index (χ3n) is 3.53. The first-order chi connectivity index (χ1) is 7.74.